The van der Waals surface area contributed by atoms with Crippen molar-refractivity contribution >= 4 is 11.6 Å². The minimum atomic E-state index is -0.0357. The number of hydrogen-bond donors (Lipinski definition) is 1. The highest BCUT2D eigenvalue weighted by molar-refractivity contribution is 5.73. The summed E-state index contributed by atoms with van der Waals surface area (Å²) in [5.41, 5.74) is 1.48. The van der Waals surface area contributed by atoms with Gasteiger partial charge in [-0.15, -0.1) is 0 Å². The minimum Gasteiger partial charge on any atom is -0.376 e. The third-order valence-corrected chi connectivity index (χ3v) is 6.83. The van der Waals surface area contributed by atoms with Gasteiger partial charge in [0.15, 0.2) is 0 Å². The number of carbonyl (C=O) groups excluding carboxylic acids is 1. The van der Waals surface area contributed by atoms with E-state index < -0.39 is 0 Å². The third-order valence-electron chi connectivity index (χ3n) is 6.83. The van der Waals surface area contributed by atoms with Gasteiger partial charge in [0.2, 0.25) is 5.91 Å². The maximum Gasteiger partial charge on any atom is 0.258 e. The maximum atomic E-state index is 12.4. The maximum absolute atomic E-state index is 12.4. The quantitative estimate of drug-likeness (QED) is 0.786. The van der Waals surface area contributed by atoms with Gasteiger partial charge in [-0.2, -0.15) is 0 Å². The van der Waals surface area contributed by atoms with Crippen molar-refractivity contribution in [1.29, 1.82) is 0 Å². The molecule has 0 spiro atoms. The molecular weight excluding hydrogens is 380 g/mol. The van der Waals surface area contributed by atoms with Crippen LogP contribution in [0.2, 0.25) is 0 Å². The van der Waals surface area contributed by atoms with Crippen LogP contribution in [0.15, 0.2) is 35.3 Å². The van der Waals surface area contributed by atoms with Crippen LogP contribution in [0.1, 0.15) is 38.3 Å². The summed E-state index contributed by atoms with van der Waals surface area (Å²) in [5.74, 6) is 1.86. The average molecular weight is 411 g/mol. The number of hydrogen-bond acceptors (Lipinski definition) is 5. The molecule has 2 aromatic rings. The summed E-state index contributed by atoms with van der Waals surface area (Å²) < 4.78 is 7.83. The molecule has 7 heteroatoms. The Morgan fingerprint density at radius 3 is 2.80 bits per heavy atom. The summed E-state index contributed by atoms with van der Waals surface area (Å²) in [6.07, 6.45) is 6.37. The zero-order valence-electron chi connectivity index (χ0n) is 17.5. The number of carbonyl (C=O) groups is 1. The van der Waals surface area contributed by atoms with E-state index in [1.54, 1.807) is 23.6 Å². The fraction of sp³-hybridized carbons (Fsp3) is 0.609. The van der Waals surface area contributed by atoms with Crippen LogP contribution in [0.4, 0.5) is 0 Å². The molecule has 2 aliphatic carbocycles. The van der Waals surface area contributed by atoms with Crippen LogP contribution in [0, 0.1) is 17.8 Å². The standard InChI is InChI=1S/C23H30N4O3/c1-15(28)24-20-8-17-11-26(12-18(17)9-21(20)30-14-16-5-6-16)13-19-10-23(29)27-7-3-2-4-22(27)25-19/h2-4,7,10,16-18,20-21H,5-6,8-9,11-14H2,1H3,(H,24,28)/t17-,18+,20-,21-/m1/s1. The van der Waals surface area contributed by atoms with Crippen LogP contribution in [0.3, 0.4) is 0 Å². The van der Waals surface area contributed by atoms with Crippen molar-refractivity contribution < 1.29 is 9.53 Å². The minimum absolute atomic E-state index is 0.0224. The molecule has 5 rings (SSSR count). The molecule has 3 heterocycles. The first kappa shape index (κ1) is 19.7. The lowest BCUT2D eigenvalue weighted by atomic mass is 9.77. The highest BCUT2D eigenvalue weighted by atomic mass is 16.5. The number of fused-ring (bicyclic) bond motifs is 2. The average Bonchev–Trinajstić information content (AvgIpc) is 3.45. The van der Waals surface area contributed by atoms with Crippen LogP contribution < -0.4 is 10.9 Å². The third kappa shape index (κ3) is 4.27. The lowest BCUT2D eigenvalue weighted by Crippen LogP contribution is -2.50. The van der Waals surface area contributed by atoms with Crippen molar-refractivity contribution in [3.63, 3.8) is 0 Å². The second kappa shape index (κ2) is 8.12. The van der Waals surface area contributed by atoms with E-state index in [4.69, 9.17) is 4.74 Å². The van der Waals surface area contributed by atoms with Gasteiger partial charge in [-0.05, 0) is 55.6 Å². The van der Waals surface area contributed by atoms with Gasteiger partial charge in [-0.25, -0.2) is 4.98 Å². The van der Waals surface area contributed by atoms with Gasteiger partial charge in [0.05, 0.1) is 17.8 Å². The van der Waals surface area contributed by atoms with E-state index in [9.17, 15) is 9.59 Å². The molecule has 1 amide bonds. The Labute approximate surface area is 176 Å². The molecule has 1 aliphatic heterocycles. The summed E-state index contributed by atoms with van der Waals surface area (Å²) in [4.78, 5) is 31.2. The van der Waals surface area contributed by atoms with Crippen molar-refractivity contribution in [3.8, 4) is 0 Å². The van der Waals surface area contributed by atoms with E-state index in [0.717, 1.165) is 44.1 Å². The predicted molar refractivity (Wildman–Crippen MR) is 113 cm³/mol. The SMILES string of the molecule is CC(=O)N[C@@H]1C[C@@H]2CN(Cc3cc(=O)n4ccccc4n3)C[C@@H]2C[C@H]1OCC1CC1. The van der Waals surface area contributed by atoms with Gasteiger partial charge in [0, 0.05) is 45.4 Å². The molecule has 0 bridgehead atoms. The van der Waals surface area contributed by atoms with Gasteiger partial charge in [-0.1, -0.05) is 6.07 Å². The van der Waals surface area contributed by atoms with Crippen LogP contribution >= 0.6 is 0 Å². The summed E-state index contributed by atoms with van der Waals surface area (Å²) in [6.45, 7) is 5.08. The summed E-state index contributed by atoms with van der Waals surface area (Å²) >= 11 is 0. The molecule has 0 aromatic carbocycles. The zero-order valence-corrected chi connectivity index (χ0v) is 17.5. The molecule has 4 atom stereocenters. The fourth-order valence-corrected chi connectivity index (χ4v) is 5.19. The van der Waals surface area contributed by atoms with E-state index in [0.29, 0.717) is 24.0 Å². The van der Waals surface area contributed by atoms with Crippen molar-refractivity contribution in [3.05, 3.63) is 46.5 Å². The number of aromatic nitrogens is 2. The molecule has 1 saturated heterocycles. The molecule has 2 aromatic heterocycles. The van der Waals surface area contributed by atoms with Gasteiger partial charge >= 0.3 is 0 Å². The van der Waals surface area contributed by atoms with Crippen molar-refractivity contribution in [2.45, 2.75) is 51.3 Å². The highest BCUT2D eigenvalue weighted by Crippen LogP contribution is 2.39. The van der Waals surface area contributed by atoms with E-state index in [2.05, 4.69) is 15.2 Å². The van der Waals surface area contributed by atoms with Crippen LogP contribution in [-0.4, -0.2) is 52.0 Å². The number of nitrogens with zero attached hydrogens (tertiary/aromatic N) is 3. The smallest absolute Gasteiger partial charge is 0.258 e. The molecule has 30 heavy (non-hydrogen) atoms. The Bertz CT molecular complexity index is 986. The molecule has 7 nitrogen and oxygen atoms in total. The Morgan fingerprint density at radius 2 is 2.03 bits per heavy atom. The summed E-state index contributed by atoms with van der Waals surface area (Å²) in [7, 11) is 0. The van der Waals surface area contributed by atoms with Crippen molar-refractivity contribution in [1.82, 2.24) is 19.6 Å². The molecule has 3 fully saturated rings. The number of likely N-dealkylation sites (tertiary alicyclic amines) is 1. The van der Waals surface area contributed by atoms with E-state index in [1.807, 2.05) is 18.2 Å². The van der Waals surface area contributed by atoms with E-state index >= 15 is 0 Å². The number of pyridine rings is 1. The number of nitrogens with one attached hydrogen (secondary N) is 1. The van der Waals surface area contributed by atoms with E-state index in [-0.39, 0.29) is 23.6 Å². The Balaban J connectivity index is 1.27. The fourth-order valence-electron chi connectivity index (χ4n) is 5.19. The summed E-state index contributed by atoms with van der Waals surface area (Å²) in [5, 5.41) is 3.14. The van der Waals surface area contributed by atoms with Crippen molar-refractivity contribution in [2.24, 2.45) is 17.8 Å². The highest BCUT2D eigenvalue weighted by Gasteiger charge is 2.43. The predicted octanol–water partition coefficient (Wildman–Crippen LogP) is 1.84. The Hall–Kier alpha value is -2.25. The Morgan fingerprint density at radius 1 is 1.23 bits per heavy atom. The number of ether oxygens (including phenoxy) is 1. The normalized spacial score (nSPS) is 29.1. The molecule has 160 valence electrons. The number of amides is 1. The zero-order chi connectivity index (χ0) is 20.7. The lowest BCUT2D eigenvalue weighted by molar-refractivity contribution is -0.122. The van der Waals surface area contributed by atoms with E-state index in [1.165, 1.54) is 12.8 Å². The first-order valence-corrected chi connectivity index (χ1v) is 11.1. The molecule has 0 radical (unpaired) electrons. The Kier molecular flexibility index (Phi) is 5.33. The van der Waals surface area contributed by atoms with Crippen molar-refractivity contribution in [2.75, 3.05) is 19.7 Å². The number of rotatable bonds is 6. The van der Waals surface area contributed by atoms with Crippen LogP contribution in [0.25, 0.3) is 5.65 Å². The first-order valence-electron chi connectivity index (χ1n) is 11.1. The molecule has 2 saturated carbocycles. The first-order chi connectivity index (χ1) is 14.5. The monoisotopic (exact) mass is 410 g/mol. The van der Waals surface area contributed by atoms with Gasteiger partial charge in [0.25, 0.3) is 5.56 Å². The largest absolute Gasteiger partial charge is 0.376 e. The lowest BCUT2D eigenvalue weighted by Gasteiger charge is -2.38. The van der Waals surface area contributed by atoms with Gasteiger partial charge in [-0.3, -0.25) is 18.9 Å². The van der Waals surface area contributed by atoms with Crippen LogP contribution in [0.5, 0.6) is 0 Å². The second-order valence-electron chi connectivity index (χ2n) is 9.32. The van der Waals surface area contributed by atoms with Gasteiger partial charge < -0.3 is 10.1 Å². The second-order valence-corrected chi connectivity index (χ2v) is 9.32. The molecule has 1 N–H and O–H groups in total. The molecular formula is C23H30N4O3. The summed E-state index contributed by atoms with van der Waals surface area (Å²) in [6, 6.07) is 7.37. The van der Waals surface area contributed by atoms with Crippen LogP contribution in [-0.2, 0) is 16.1 Å². The molecule has 0 unspecified atom stereocenters. The topological polar surface area (TPSA) is 75.9 Å². The molecule has 3 aliphatic rings. The van der Waals surface area contributed by atoms with Gasteiger partial charge in [0.1, 0.15) is 5.65 Å².